The topological polar surface area (TPSA) is 88.8 Å². The molecule has 1 atom stereocenters. The van der Waals surface area contributed by atoms with E-state index in [9.17, 15) is 27.6 Å². The van der Waals surface area contributed by atoms with E-state index in [0.717, 1.165) is 18.4 Å². The van der Waals surface area contributed by atoms with E-state index in [-0.39, 0.29) is 16.9 Å². The molecule has 2 heterocycles. The molecule has 1 N–H and O–H groups in total. The third-order valence-corrected chi connectivity index (χ3v) is 7.63. The number of fused-ring (bicyclic) bond motifs is 1. The number of amides is 3. The summed E-state index contributed by atoms with van der Waals surface area (Å²) in [5, 5.41) is 2.69. The predicted molar refractivity (Wildman–Crippen MR) is 153 cm³/mol. The summed E-state index contributed by atoms with van der Waals surface area (Å²) in [5.41, 5.74) is -1.31. The van der Waals surface area contributed by atoms with Gasteiger partial charge in [-0.2, -0.15) is 13.2 Å². The molecule has 4 rings (SSSR count). The van der Waals surface area contributed by atoms with E-state index < -0.39 is 28.9 Å². The van der Waals surface area contributed by atoms with Crippen LogP contribution in [0.2, 0.25) is 0 Å². The Balaban J connectivity index is 1.39. The van der Waals surface area contributed by atoms with Gasteiger partial charge < -0.3 is 14.5 Å². The summed E-state index contributed by atoms with van der Waals surface area (Å²) in [6, 6.07) is 10.7. The number of nitrogens with zero attached hydrogens (tertiary/aromatic N) is 1. The van der Waals surface area contributed by atoms with Gasteiger partial charge in [0.2, 0.25) is 0 Å². The monoisotopic (exact) mass is 586 g/mol. The highest BCUT2D eigenvalue weighted by Crippen LogP contribution is 2.40. The third-order valence-electron chi connectivity index (χ3n) is 7.63. The molecule has 7 nitrogen and oxygen atoms in total. The van der Waals surface area contributed by atoms with Crippen molar-refractivity contribution in [2.24, 2.45) is 0 Å². The zero-order chi connectivity index (χ0) is 30.5. The maximum Gasteiger partial charge on any atom is 0.417 e. The highest BCUT2D eigenvalue weighted by molar-refractivity contribution is 6.07. The first kappa shape index (κ1) is 31.1. The molecule has 1 saturated heterocycles. The summed E-state index contributed by atoms with van der Waals surface area (Å²) in [5.74, 6) is 0.221. The van der Waals surface area contributed by atoms with Crippen molar-refractivity contribution in [2.75, 3.05) is 13.2 Å². The molecule has 0 saturated carbocycles. The molecule has 2 aromatic carbocycles. The van der Waals surface area contributed by atoms with Crippen LogP contribution in [-0.2, 0) is 29.4 Å². The Hall–Kier alpha value is -3.82. The number of carbonyl (C=O) groups excluding carboxylic acids is 2. The largest absolute Gasteiger partial charge is 0.493 e. The van der Waals surface area contributed by atoms with E-state index in [2.05, 4.69) is 5.32 Å². The summed E-state index contributed by atoms with van der Waals surface area (Å²) >= 11 is 0. The van der Waals surface area contributed by atoms with E-state index in [0.29, 0.717) is 74.6 Å². The molecular formula is C32H37F3N2O5. The van der Waals surface area contributed by atoms with Crippen LogP contribution in [0.4, 0.5) is 18.0 Å². The van der Waals surface area contributed by atoms with E-state index in [1.807, 2.05) is 44.2 Å². The lowest BCUT2D eigenvalue weighted by molar-refractivity contribution is -0.136. The minimum Gasteiger partial charge on any atom is -0.493 e. The number of hydrogen-bond acceptors (Lipinski definition) is 5. The second-order valence-corrected chi connectivity index (χ2v) is 10.8. The lowest BCUT2D eigenvalue weighted by atomic mass is 9.92. The molecule has 42 heavy (non-hydrogen) atoms. The quantitative estimate of drug-likeness (QED) is 0.131. The molecule has 3 aromatic rings. The van der Waals surface area contributed by atoms with Gasteiger partial charge in [0, 0.05) is 23.6 Å². The van der Waals surface area contributed by atoms with Crippen LogP contribution in [0.15, 0.2) is 51.7 Å². The second-order valence-electron chi connectivity index (χ2n) is 10.8. The van der Waals surface area contributed by atoms with Crippen LogP contribution in [0.5, 0.6) is 5.75 Å². The average Bonchev–Trinajstić information content (AvgIpc) is 3.17. The number of urea groups is 1. The number of alkyl halides is 3. The minimum atomic E-state index is -4.69. The Bertz CT molecular complexity index is 1490. The van der Waals surface area contributed by atoms with Crippen LogP contribution in [-0.4, -0.2) is 30.0 Å². The van der Waals surface area contributed by atoms with Gasteiger partial charge in [0.15, 0.2) is 0 Å². The standard InChI is InChI=1S/C32H37F3N2O5/c1-4-13-21-19-24-25(32(33,34)35)20-26(38)42-28(24)23(14-5-2)27(21)41-18-12-7-6-11-17-37-29(39)31(3,36-30(37)40)22-15-9-8-10-16-22/h8-10,15-16,19-20H,4-7,11-14,17-18H2,1-3H3,(H,36,40). The van der Waals surface area contributed by atoms with Gasteiger partial charge in [-0.15, -0.1) is 0 Å². The molecular weight excluding hydrogens is 549 g/mol. The SMILES string of the molecule is CCCc1cc2c(C(F)(F)F)cc(=O)oc2c(CCC)c1OCCCCCCN1C(=O)NC(C)(c2ccccc2)C1=O. The van der Waals surface area contributed by atoms with Crippen molar-refractivity contribution in [3.63, 3.8) is 0 Å². The Kier molecular flexibility index (Phi) is 9.64. The summed E-state index contributed by atoms with van der Waals surface area (Å²) in [7, 11) is 0. The van der Waals surface area contributed by atoms with Crippen molar-refractivity contribution in [3.05, 3.63) is 75.1 Å². The Labute approximate surface area is 243 Å². The maximum absolute atomic E-state index is 13.8. The van der Waals surface area contributed by atoms with Crippen molar-refractivity contribution in [1.29, 1.82) is 0 Å². The number of benzene rings is 2. The van der Waals surface area contributed by atoms with Crippen LogP contribution < -0.4 is 15.7 Å². The van der Waals surface area contributed by atoms with E-state index in [4.69, 9.17) is 9.15 Å². The first-order valence-corrected chi connectivity index (χ1v) is 14.5. The Morgan fingerprint density at radius 3 is 2.31 bits per heavy atom. The van der Waals surface area contributed by atoms with Gasteiger partial charge in [-0.25, -0.2) is 9.59 Å². The van der Waals surface area contributed by atoms with Crippen molar-refractivity contribution in [1.82, 2.24) is 10.2 Å². The molecule has 0 bridgehead atoms. The number of aryl methyl sites for hydroxylation is 2. The fraction of sp³-hybridized carbons (Fsp3) is 0.469. The third kappa shape index (κ3) is 6.47. The zero-order valence-corrected chi connectivity index (χ0v) is 24.2. The van der Waals surface area contributed by atoms with Gasteiger partial charge in [0.25, 0.3) is 5.91 Å². The first-order chi connectivity index (χ1) is 20.0. The van der Waals surface area contributed by atoms with Crippen molar-refractivity contribution < 1.29 is 31.9 Å². The van der Waals surface area contributed by atoms with E-state index in [1.165, 1.54) is 11.0 Å². The van der Waals surface area contributed by atoms with Crippen LogP contribution in [0.3, 0.4) is 0 Å². The normalized spacial score (nSPS) is 17.2. The Morgan fingerprint density at radius 2 is 1.64 bits per heavy atom. The number of hydrogen-bond donors (Lipinski definition) is 1. The first-order valence-electron chi connectivity index (χ1n) is 14.5. The highest BCUT2D eigenvalue weighted by Gasteiger charge is 2.48. The summed E-state index contributed by atoms with van der Waals surface area (Å²) in [6.07, 6.45) is 0.403. The lowest BCUT2D eigenvalue weighted by Crippen LogP contribution is -2.40. The molecule has 0 aliphatic carbocycles. The number of halogens is 3. The number of rotatable bonds is 13. The molecule has 1 aromatic heterocycles. The lowest BCUT2D eigenvalue weighted by Gasteiger charge is -2.22. The van der Waals surface area contributed by atoms with Gasteiger partial charge in [-0.05, 0) is 49.8 Å². The molecule has 0 radical (unpaired) electrons. The van der Waals surface area contributed by atoms with Gasteiger partial charge in [0.05, 0.1) is 12.2 Å². The number of unbranched alkanes of at least 4 members (excludes halogenated alkanes) is 3. The average molecular weight is 587 g/mol. The molecule has 1 fully saturated rings. The Morgan fingerprint density at radius 1 is 0.952 bits per heavy atom. The fourth-order valence-corrected chi connectivity index (χ4v) is 5.52. The summed E-state index contributed by atoms with van der Waals surface area (Å²) in [4.78, 5) is 38.9. The van der Waals surface area contributed by atoms with Gasteiger partial charge >= 0.3 is 17.8 Å². The van der Waals surface area contributed by atoms with Crippen molar-refractivity contribution in [2.45, 2.75) is 83.9 Å². The van der Waals surface area contributed by atoms with E-state index in [1.54, 1.807) is 6.92 Å². The number of imide groups is 1. The minimum absolute atomic E-state index is 0.0670. The molecule has 1 aliphatic heterocycles. The van der Waals surface area contributed by atoms with E-state index >= 15 is 0 Å². The highest BCUT2D eigenvalue weighted by atomic mass is 19.4. The molecule has 0 spiro atoms. The van der Waals surface area contributed by atoms with Gasteiger partial charge in [-0.1, -0.05) is 69.9 Å². The van der Waals surface area contributed by atoms with Crippen LogP contribution >= 0.6 is 0 Å². The summed E-state index contributed by atoms with van der Waals surface area (Å²) in [6.45, 7) is 6.19. The van der Waals surface area contributed by atoms with Crippen molar-refractivity contribution in [3.8, 4) is 5.75 Å². The molecule has 1 aliphatic rings. The fourth-order valence-electron chi connectivity index (χ4n) is 5.52. The smallest absolute Gasteiger partial charge is 0.417 e. The second kappa shape index (κ2) is 13.0. The number of ether oxygens (including phenoxy) is 1. The summed E-state index contributed by atoms with van der Waals surface area (Å²) < 4.78 is 52.8. The number of carbonyl (C=O) groups is 2. The molecule has 3 amide bonds. The van der Waals surface area contributed by atoms with Crippen LogP contribution in [0.1, 0.15) is 81.5 Å². The maximum atomic E-state index is 13.8. The zero-order valence-electron chi connectivity index (χ0n) is 24.2. The predicted octanol–water partition coefficient (Wildman–Crippen LogP) is 7.12. The van der Waals surface area contributed by atoms with Crippen LogP contribution in [0.25, 0.3) is 11.0 Å². The van der Waals surface area contributed by atoms with Crippen LogP contribution in [0, 0.1) is 0 Å². The van der Waals surface area contributed by atoms with Crippen molar-refractivity contribution >= 4 is 22.9 Å². The number of nitrogens with one attached hydrogen (secondary N) is 1. The molecule has 226 valence electrons. The van der Waals surface area contributed by atoms with Gasteiger partial charge in [0.1, 0.15) is 16.9 Å². The molecule has 1 unspecified atom stereocenters. The molecule has 10 heteroatoms. The van der Waals surface area contributed by atoms with Gasteiger partial charge in [-0.3, -0.25) is 9.69 Å².